The van der Waals surface area contributed by atoms with Crippen LogP contribution in [0.1, 0.15) is 38.6 Å². The second-order valence-electron chi connectivity index (χ2n) is 6.44. The molecular weight excluding hydrogens is 306 g/mol. The molecule has 0 aliphatic carbocycles. The minimum absolute atomic E-state index is 0.0132. The van der Waals surface area contributed by atoms with E-state index < -0.39 is 0 Å². The Morgan fingerprint density at radius 1 is 1.38 bits per heavy atom. The van der Waals surface area contributed by atoms with E-state index in [4.69, 9.17) is 4.52 Å². The normalized spacial score (nSPS) is 17.6. The smallest absolute Gasteiger partial charge is 0.249 e. The van der Waals surface area contributed by atoms with Crippen LogP contribution in [0.25, 0.3) is 11.4 Å². The third-order valence-corrected chi connectivity index (χ3v) is 4.37. The van der Waals surface area contributed by atoms with Gasteiger partial charge >= 0.3 is 0 Å². The highest BCUT2D eigenvalue weighted by Crippen LogP contribution is 2.18. The fourth-order valence-electron chi connectivity index (χ4n) is 2.80. The van der Waals surface area contributed by atoms with Crippen molar-refractivity contribution in [3.63, 3.8) is 0 Å². The van der Waals surface area contributed by atoms with Gasteiger partial charge in [0.1, 0.15) is 6.04 Å². The van der Waals surface area contributed by atoms with Crippen molar-refractivity contribution in [1.82, 2.24) is 25.3 Å². The van der Waals surface area contributed by atoms with Gasteiger partial charge in [-0.15, -0.1) is 0 Å². The molecule has 1 fully saturated rings. The van der Waals surface area contributed by atoms with Crippen LogP contribution in [0.2, 0.25) is 0 Å². The van der Waals surface area contributed by atoms with E-state index in [0.29, 0.717) is 18.3 Å². The molecule has 0 saturated carbocycles. The lowest BCUT2D eigenvalue weighted by molar-refractivity contribution is -0.123. The number of piperidine rings is 1. The molecule has 2 aromatic heterocycles. The molecule has 7 heteroatoms. The van der Waals surface area contributed by atoms with Crippen molar-refractivity contribution < 1.29 is 9.32 Å². The summed E-state index contributed by atoms with van der Waals surface area (Å²) in [7, 11) is 0. The van der Waals surface area contributed by atoms with E-state index in [2.05, 4.69) is 32.3 Å². The number of amides is 1. The van der Waals surface area contributed by atoms with E-state index in [1.54, 1.807) is 12.4 Å². The summed E-state index contributed by atoms with van der Waals surface area (Å²) in [5.74, 6) is 1.65. The Bertz CT molecular complexity index is 665. The van der Waals surface area contributed by atoms with Crippen LogP contribution in [-0.2, 0) is 4.79 Å². The molecule has 1 atom stereocenters. The Kier molecular flexibility index (Phi) is 5.20. The molecule has 7 nitrogen and oxygen atoms in total. The van der Waals surface area contributed by atoms with Crippen molar-refractivity contribution in [3.8, 4) is 11.4 Å². The Morgan fingerprint density at radius 2 is 2.08 bits per heavy atom. The fraction of sp³-hybridized carbons (Fsp3) is 0.529. The monoisotopic (exact) mass is 329 g/mol. The summed E-state index contributed by atoms with van der Waals surface area (Å²) in [6.07, 6.45) is 5.66. The second kappa shape index (κ2) is 7.53. The number of hydrogen-bond donors (Lipinski definition) is 1. The lowest BCUT2D eigenvalue weighted by atomic mass is 9.99. The Labute approximate surface area is 141 Å². The second-order valence-corrected chi connectivity index (χ2v) is 6.44. The number of carbonyl (C=O) groups is 1. The lowest BCUT2D eigenvalue weighted by Gasteiger charge is -2.29. The van der Waals surface area contributed by atoms with E-state index in [9.17, 15) is 4.79 Å². The minimum Gasteiger partial charge on any atom is -0.343 e. The summed E-state index contributed by atoms with van der Waals surface area (Å²) in [6, 6.07) is 3.31. The fourth-order valence-corrected chi connectivity index (χ4v) is 2.80. The van der Waals surface area contributed by atoms with Gasteiger partial charge in [0.2, 0.25) is 17.6 Å². The number of aromatic nitrogens is 3. The highest BCUT2D eigenvalue weighted by molar-refractivity contribution is 5.78. The number of carbonyl (C=O) groups excluding carboxylic acids is 1. The molecule has 1 saturated heterocycles. The van der Waals surface area contributed by atoms with Crippen molar-refractivity contribution >= 4 is 5.91 Å². The number of nitrogens with one attached hydrogen (secondary N) is 1. The Morgan fingerprint density at radius 3 is 2.79 bits per heavy atom. The van der Waals surface area contributed by atoms with Crippen molar-refractivity contribution in [3.05, 3.63) is 30.4 Å². The van der Waals surface area contributed by atoms with Gasteiger partial charge in [0.15, 0.2) is 0 Å². The number of likely N-dealkylation sites (tertiary alicyclic amines) is 1. The molecule has 1 aliphatic rings. The van der Waals surface area contributed by atoms with Crippen molar-refractivity contribution in [2.45, 2.75) is 32.7 Å². The summed E-state index contributed by atoms with van der Waals surface area (Å²) in [4.78, 5) is 22.7. The van der Waals surface area contributed by atoms with Gasteiger partial charge in [-0.3, -0.25) is 14.7 Å². The predicted molar refractivity (Wildman–Crippen MR) is 88.9 cm³/mol. The first-order valence-electron chi connectivity index (χ1n) is 8.37. The third kappa shape index (κ3) is 4.17. The topological polar surface area (TPSA) is 84.2 Å². The number of rotatable bonds is 5. The van der Waals surface area contributed by atoms with Gasteiger partial charge in [-0.25, -0.2) is 0 Å². The van der Waals surface area contributed by atoms with E-state index in [1.165, 1.54) is 0 Å². The largest absolute Gasteiger partial charge is 0.343 e. The summed E-state index contributed by atoms with van der Waals surface area (Å²) in [6.45, 7) is 6.49. The van der Waals surface area contributed by atoms with E-state index in [0.717, 1.165) is 37.4 Å². The highest BCUT2D eigenvalue weighted by Gasteiger charge is 2.21. The first-order chi connectivity index (χ1) is 11.6. The molecule has 128 valence electrons. The molecule has 3 heterocycles. The molecule has 24 heavy (non-hydrogen) atoms. The molecule has 0 spiro atoms. The predicted octanol–water partition coefficient (Wildman–Crippen LogP) is 2.04. The summed E-state index contributed by atoms with van der Waals surface area (Å²) >= 11 is 0. The van der Waals surface area contributed by atoms with E-state index in [1.807, 2.05) is 19.1 Å². The maximum Gasteiger partial charge on any atom is 0.249 e. The third-order valence-electron chi connectivity index (χ3n) is 4.37. The summed E-state index contributed by atoms with van der Waals surface area (Å²) < 4.78 is 5.28. The van der Waals surface area contributed by atoms with Gasteiger partial charge in [-0.05, 0) is 50.9 Å². The van der Waals surface area contributed by atoms with Crippen LogP contribution >= 0.6 is 0 Å². The summed E-state index contributed by atoms with van der Waals surface area (Å²) in [5, 5.41) is 6.89. The number of hydrogen-bond acceptors (Lipinski definition) is 6. The van der Waals surface area contributed by atoms with Crippen molar-refractivity contribution in [2.75, 3.05) is 19.6 Å². The number of nitrogens with zero attached hydrogens (tertiary/aromatic N) is 4. The maximum absolute atomic E-state index is 12.2. The first-order valence-corrected chi connectivity index (χ1v) is 8.37. The van der Waals surface area contributed by atoms with E-state index in [-0.39, 0.29) is 11.9 Å². The van der Waals surface area contributed by atoms with Gasteiger partial charge in [0.05, 0.1) is 6.54 Å². The molecule has 1 amide bonds. The zero-order chi connectivity index (χ0) is 16.9. The lowest BCUT2D eigenvalue weighted by Crippen LogP contribution is -2.41. The average molecular weight is 329 g/mol. The van der Waals surface area contributed by atoms with Crippen LogP contribution in [0.15, 0.2) is 29.0 Å². The van der Waals surface area contributed by atoms with Gasteiger partial charge in [0, 0.05) is 18.0 Å². The molecule has 1 aliphatic heterocycles. The zero-order valence-electron chi connectivity index (χ0n) is 14.1. The van der Waals surface area contributed by atoms with E-state index >= 15 is 0 Å². The van der Waals surface area contributed by atoms with Crippen LogP contribution in [-0.4, -0.2) is 45.6 Å². The van der Waals surface area contributed by atoms with Gasteiger partial charge < -0.3 is 9.84 Å². The molecule has 0 unspecified atom stereocenters. The minimum atomic E-state index is -0.315. The van der Waals surface area contributed by atoms with Crippen LogP contribution in [0.5, 0.6) is 0 Å². The summed E-state index contributed by atoms with van der Waals surface area (Å²) in [5.41, 5.74) is 0.834. The molecule has 0 bridgehead atoms. The standard InChI is InChI=1S/C17H23N5O2/c1-12-5-9-22(10-6-12)11-15(23)19-13(2)17-20-16(21-24-17)14-3-7-18-8-4-14/h3-4,7-8,12-13H,5-6,9-11H2,1-2H3,(H,19,23)/t13-/m0/s1. The van der Waals surface area contributed by atoms with Crippen LogP contribution in [0, 0.1) is 5.92 Å². The quantitative estimate of drug-likeness (QED) is 0.904. The first kappa shape index (κ1) is 16.6. The Hall–Kier alpha value is -2.28. The number of pyridine rings is 1. The Balaban J connectivity index is 1.54. The molecule has 0 radical (unpaired) electrons. The highest BCUT2D eigenvalue weighted by atomic mass is 16.5. The molecule has 0 aromatic carbocycles. The zero-order valence-corrected chi connectivity index (χ0v) is 14.1. The van der Waals surface area contributed by atoms with Gasteiger partial charge in [0.25, 0.3) is 0 Å². The average Bonchev–Trinajstić information content (AvgIpc) is 3.08. The maximum atomic E-state index is 12.2. The molecular formula is C17H23N5O2. The van der Waals surface area contributed by atoms with Crippen molar-refractivity contribution in [1.29, 1.82) is 0 Å². The van der Waals surface area contributed by atoms with Crippen LogP contribution in [0.4, 0.5) is 0 Å². The van der Waals surface area contributed by atoms with Gasteiger partial charge in [-0.1, -0.05) is 12.1 Å². The molecule has 1 N–H and O–H groups in total. The van der Waals surface area contributed by atoms with Crippen LogP contribution in [0.3, 0.4) is 0 Å². The SMILES string of the molecule is CC1CCN(CC(=O)N[C@@H](C)c2nc(-c3ccncc3)no2)CC1. The molecule has 3 rings (SSSR count). The van der Waals surface area contributed by atoms with Crippen molar-refractivity contribution in [2.24, 2.45) is 5.92 Å². The molecule has 2 aromatic rings. The van der Waals surface area contributed by atoms with Crippen LogP contribution < -0.4 is 5.32 Å². The van der Waals surface area contributed by atoms with Gasteiger partial charge in [-0.2, -0.15) is 4.98 Å².